The van der Waals surface area contributed by atoms with Gasteiger partial charge in [-0.25, -0.2) is 17.1 Å². The van der Waals surface area contributed by atoms with Gasteiger partial charge < -0.3 is 4.74 Å². The molecule has 1 aliphatic heterocycles. The largest absolute Gasteiger partial charge is 0.380 e. The van der Waals surface area contributed by atoms with Crippen LogP contribution in [0.15, 0.2) is 47.6 Å². The number of hydrogen-bond acceptors (Lipinski definition) is 4. The third-order valence-electron chi connectivity index (χ3n) is 4.11. The zero-order valence-electron chi connectivity index (χ0n) is 13.6. The predicted octanol–water partition coefficient (Wildman–Crippen LogP) is 2.54. The number of benzene rings is 1. The molecule has 0 spiro atoms. The van der Waals surface area contributed by atoms with Gasteiger partial charge in [0.05, 0.1) is 24.3 Å². The topological polar surface area (TPSA) is 59.5 Å². The highest BCUT2D eigenvalue weighted by Gasteiger charge is 2.37. The fourth-order valence-corrected chi connectivity index (χ4v) is 4.05. The summed E-state index contributed by atoms with van der Waals surface area (Å²) in [6.45, 7) is 3.55. The smallest absolute Gasteiger partial charge is 0.242 e. The Balaban J connectivity index is 1.81. The second-order valence-electron chi connectivity index (χ2n) is 6.48. The Morgan fingerprint density at radius 3 is 2.42 bits per heavy atom. The van der Waals surface area contributed by atoms with E-state index in [1.807, 2.05) is 6.92 Å². The third-order valence-corrected chi connectivity index (χ3v) is 5.92. The molecule has 0 unspecified atom stereocenters. The van der Waals surface area contributed by atoms with Crippen molar-refractivity contribution in [3.8, 4) is 11.1 Å². The molecule has 0 atom stereocenters. The van der Waals surface area contributed by atoms with Gasteiger partial charge in [0, 0.05) is 30.8 Å². The lowest BCUT2D eigenvalue weighted by molar-refractivity contribution is -0.106. The average molecular weight is 350 g/mol. The highest BCUT2D eigenvalue weighted by Crippen LogP contribution is 2.29. The number of halogens is 1. The monoisotopic (exact) mass is 350 g/mol. The van der Waals surface area contributed by atoms with Crippen LogP contribution in [-0.2, 0) is 14.8 Å². The molecule has 0 bridgehead atoms. The average Bonchev–Trinajstić information content (AvgIpc) is 2.53. The van der Waals surface area contributed by atoms with E-state index in [0.717, 1.165) is 6.20 Å². The molecule has 0 N–H and O–H groups in total. The molecule has 7 heteroatoms. The normalized spacial score (nSPS) is 16.8. The number of nitrogens with zero attached hydrogens (tertiary/aromatic N) is 2. The summed E-state index contributed by atoms with van der Waals surface area (Å²) >= 11 is 0. The molecular formula is C17H19FN2O3S. The first-order valence-electron chi connectivity index (χ1n) is 7.55. The molecule has 0 radical (unpaired) electrons. The quantitative estimate of drug-likeness (QED) is 0.831. The Bertz CT molecular complexity index is 833. The van der Waals surface area contributed by atoms with Crippen molar-refractivity contribution < 1.29 is 17.5 Å². The molecule has 24 heavy (non-hydrogen) atoms. The van der Waals surface area contributed by atoms with Crippen molar-refractivity contribution in [2.24, 2.45) is 5.41 Å². The number of pyridine rings is 1. The number of rotatable bonds is 5. The van der Waals surface area contributed by atoms with Crippen molar-refractivity contribution in [1.82, 2.24) is 9.29 Å². The zero-order valence-corrected chi connectivity index (χ0v) is 14.4. The van der Waals surface area contributed by atoms with Gasteiger partial charge in [0.1, 0.15) is 5.82 Å². The van der Waals surface area contributed by atoms with Crippen molar-refractivity contribution in [2.75, 3.05) is 26.8 Å². The fraction of sp³-hybridized carbons (Fsp3) is 0.353. The van der Waals surface area contributed by atoms with Gasteiger partial charge in [0.15, 0.2) is 0 Å². The van der Waals surface area contributed by atoms with Crippen LogP contribution < -0.4 is 0 Å². The Hall–Kier alpha value is -1.83. The lowest BCUT2D eigenvalue weighted by atomic mass is 9.89. The van der Waals surface area contributed by atoms with Gasteiger partial charge in [-0.2, -0.15) is 0 Å². The van der Waals surface area contributed by atoms with Crippen LogP contribution in [-0.4, -0.2) is 44.5 Å². The maximum absolute atomic E-state index is 13.2. The summed E-state index contributed by atoms with van der Waals surface area (Å²) in [5, 5.41) is 0. The Morgan fingerprint density at radius 1 is 1.21 bits per heavy atom. The van der Waals surface area contributed by atoms with E-state index in [2.05, 4.69) is 4.98 Å². The highest BCUT2D eigenvalue weighted by atomic mass is 32.2. The van der Waals surface area contributed by atoms with Gasteiger partial charge >= 0.3 is 0 Å². The van der Waals surface area contributed by atoms with Crippen LogP contribution in [0.3, 0.4) is 0 Å². The van der Waals surface area contributed by atoms with Crippen molar-refractivity contribution >= 4 is 10.0 Å². The predicted molar refractivity (Wildman–Crippen MR) is 88.4 cm³/mol. The number of aromatic nitrogens is 1. The molecule has 1 fully saturated rings. The van der Waals surface area contributed by atoms with E-state index in [1.165, 1.54) is 28.7 Å². The lowest BCUT2D eigenvalue weighted by Gasteiger charge is -2.40. The van der Waals surface area contributed by atoms with E-state index in [9.17, 15) is 12.8 Å². The summed E-state index contributed by atoms with van der Waals surface area (Å²) in [6, 6.07) is 7.74. The summed E-state index contributed by atoms with van der Waals surface area (Å²) in [4.78, 5) is 4.01. The minimum atomic E-state index is -3.57. The molecule has 128 valence electrons. The van der Waals surface area contributed by atoms with Crippen LogP contribution in [0.25, 0.3) is 11.1 Å². The minimum Gasteiger partial charge on any atom is -0.380 e. The Morgan fingerprint density at radius 2 is 1.88 bits per heavy atom. The first-order chi connectivity index (χ1) is 11.3. The van der Waals surface area contributed by atoms with Crippen molar-refractivity contribution in [1.29, 1.82) is 0 Å². The summed E-state index contributed by atoms with van der Waals surface area (Å²) in [5.41, 5.74) is 1.18. The van der Waals surface area contributed by atoms with Gasteiger partial charge in [-0.1, -0.05) is 19.1 Å². The molecule has 0 amide bonds. The van der Waals surface area contributed by atoms with Crippen molar-refractivity contribution in [3.05, 3.63) is 48.5 Å². The van der Waals surface area contributed by atoms with Crippen LogP contribution in [0.1, 0.15) is 6.92 Å². The zero-order chi connectivity index (χ0) is 17.4. The lowest BCUT2D eigenvalue weighted by Crippen LogP contribution is -2.49. The molecule has 0 aliphatic carbocycles. The van der Waals surface area contributed by atoms with E-state index in [4.69, 9.17) is 4.74 Å². The summed E-state index contributed by atoms with van der Waals surface area (Å²) in [6.07, 6.45) is 2.66. The van der Waals surface area contributed by atoms with Crippen LogP contribution in [0.5, 0.6) is 0 Å². The molecule has 1 aromatic carbocycles. The van der Waals surface area contributed by atoms with Crippen molar-refractivity contribution in [3.63, 3.8) is 0 Å². The molecule has 1 aliphatic rings. The molecule has 2 heterocycles. The number of ether oxygens (including phenoxy) is 1. The molecule has 0 saturated carbocycles. The Kier molecular flexibility index (Phi) is 4.42. The molecule has 1 aromatic heterocycles. The van der Waals surface area contributed by atoms with Gasteiger partial charge in [-0.05, 0) is 23.8 Å². The maximum atomic E-state index is 13.2. The second kappa shape index (κ2) is 6.23. The number of hydrogen-bond donors (Lipinski definition) is 0. The van der Waals surface area contributed by atoms with Crippen LogP contribution in [0, 0.1) is 11.2 Å². The molecule has 5 nitrogen and oxygen atoms in total. The van der Waals surface area contributed by atoms with Gasteiger partial charge in [-0.3, -0.25) is 4.98 Å². The maximum Gasteiger partial charge on any atom is 0.242 e. The van der Waals surface area contributed by atoms with Gasteiger partial charge in [-0.15, -0.1) is 0 Å². The fourth-order valence-electron chi connectivity index (χ4n) is 2.73. The molecule has 1 saturated heterocycles. The molecular weight excluding hydrogens is 331 g/mol. The van der Waals surface area contributed by atoms with Gasteiger partial charge in [0.25, 0.3) is 0 Å². The van der Waals surface area contributed by atoms with Crippen LogP contribution >= 0.6 is 0 Å². The van der Waals surface area contributed by atoms with Crippen LogP contribution in [0.2, 0.25) is 0 Å². The van der Waals surface area contributed by atoms with E-state index < -0.39 is 15.8 Å². The highest BCUT2D eigenvalue weighted by molar-refractivity contribution is 7.89. The summed E-state index contributed by atoms with van der Waals surface area (Å²) in [5.74, 6) is -0.431. The van der Waals surface area contributed by atoms with E-state index >= 15 is 0 Å². The second-order valence-corrected chi connectivity index (χ2v) is 8.53. The molecule has 3 rings (SSSR count). The first-order valence-corrected chi connectivity index (χ1v) is 8.99. The standard InChI is InChI=1S/C17H19FN2O3S/c1-17(11-23-12-17)10-20(2)24(21,22)16-5-3-13(4-6-16)14-7-15(18)9-19-8-14/h3-9H,10-12H2,1-2H3. The van der Waals surface area contributed by atoms with Crippen LogP contribution in [0.4, 0.5) is 4.39 Å². The van der Waals surface area contributed by atoms with E-state index in [0.29, 0.717) is 30.9 Å². The van der Waals surface area contributed by atoms with Crippen molar-refractivity contribution in [2.45, 2.75) is 11.8 Å². The number of sulfonamides is 1. The SMILES string of the molecule is CN(CC1(C)COC1)S(=O)(=O)c1ccc(-c2cncc(F)c2)cc1. The summed E-state index contributed by atoms with van der Waals surface area (Å²) in [7, 11) is -1.99. The van der Waals surface area contributed by atoms with Gasteiger partial charge in [0.2, 0.25) is 10.0 Å². The third kappa shape index (κ3) is 3.33. The minimum absolute atomic E-state index is 0.130. The first kappa shape index (κ1) is 17.0. The molecule has 2 aromatic rings. The summed E-state index contributed by atoms with van der Waals surface area (Å²) < 4.78 is 45.1. The van der Waals surface area contributed by atoms with E-state index in [-0.39, 0.29) is 10.3 Å². The van der Waals surface area contributed by atoms with E-state index in [1.54, 1.807) is 19.2 Å². The Labute approximate surface area is 141 Å².